The van der Waals surface area contributed by atoms with E-state index < -0.39 is 0 Å². The third-order valence-electron chi connectivity index (χ3n) is 7.85. The Kier molecular flexibility index (Phi) is 8.35. The van der Waals surface area contributed by atoms with E-state index in [0.717, 1.165) is 44.6 Å². The molecule has 2 amide bonds. The molecule has 2 heterocycles. The van der Waals surface area contributed by atoms with Gasteiger partial charge in [-0.05, 0) is 68.2 Å². The number of carbonyl (C=O) groups is 2. The van der Waals surface area contributed by atoms with Gasteiger partial charge in [0, 0.05) is 37.7 Å². The second-order valence-corrected chi connectivity index (χ2v) is 10.8. The van der Waals surface area contributed by atoms with Crippen LogP contribution >= 0.6 is 35.6 Å². The molecule has 2 saturated heterocycles. The van der Waals surface area contributed by atoms with E-state index in [2.05, 4.69) is 41.3 Å². The summed E-state index contributed by atoms with van der Waals surface area (Å²) < 4.78 is 0. The normalized spacial score (nSPS) is 20.5. The summed E-state index contributed by atoms with van der Waals surface area (Å²) in [4.78, 5) is 31.4. The first-order chi connectivity index (χ1) is 16.9. The average Bonchev–Trinajstić information content (AvgIpc) is 3.39. The van der Waals surface area contributed by atoms with Gasteiger partial charge in [0.2, 0.25) is 11.8 Å². The van der Waals surface area contributed by atoms with Crippen LogP contribution in [-0.4, -0.2) is 61.4 Å². The standard InChI is InChI=1S/C28H31Cl2N3O2.ClH/c1-31-19-21(17-26(31)34)27(35)33(22-7-8-24(29)25(30)18-22)14-4-13-32-15-11-28(12-16-32)10-9-20-5-2-3-6-23(20)28;/h2-3,5-10,18,21H,4,11-17,19H2,1H3;1H. The minimum absolute atomic E-state index is 0. The molecular formula is C28H32Cl3N3O2. The zero-order valence-corrected chi connectivity index (χ0v) is 22.8. The first-order valence-electron chi connectivity index (χ1n) is 12.4. The van der Waals surface area contributed by atoms with Crippen molar-refractivity contribution < 1.29 is 9.59 Å². The number of carbonyl (C=O) groups excluding carboxylic acids is 2. The number of anilines is 1. The zero-order chi connectivity index (χ0) is 24.6. The fraction of sp³-hybridized carbons (Fsp3) is 0.429. The lowest BCUT2D eigenvalue weighted by atomic mass is 9.74. The van der Waals surface area contributed by atoms with Crippen molar-refractivity contribution in [3.05, 3.63) is 69.7 Å². The van der Waals surface area contributed by atoms with Crippen molar-refractivity contribution in [1.29, 1.82) is 0 Å². The van der Waals surface area contributed by atoms with Crippen LogP contribution in [0.4, 0.5) is 5.69 Å². The molecule has 1 atom stereocenters. The van der Waals surface area contributed by atoms with Gasteiger partial charge < -0.3 is 14.7 Å². The fourth-order valence-corrected chi connectivity index (χ4v) is 6.06. The molecule has 1 aliphatic carbocycles. The highest BCUT2D eigenvalue weighted by molar-refractivity contribution is 6.42. The second-order valence-electron chi connectivity index (χ2n) is 10.0. The van der Waals surface area contributed by atoms with Gasteiger partial charge in [-0.25, -0.2) is 0 Å². The van der Waals surface area contributed by atoms with E-state index >= 15 is 0 Å². The number of hydrogen-bond acceptors (Lipinski definition) is 3. The Labute approximate surface area is 229 Å². The molecule has 192 valence electrons. The number of likely N-dealkylation sites (tertiary alicyclic amines) is 2. The van der Waals surface area contributed by atoms with Crippen LogP contribution in [0.1, 0.15) is 36.8 Å². The SMILES string of the molecule is CN1CC(C(=O)N(CCCN2CCC3(C=Cc4ccccc43)CC2)c2ccc(Cl)c(Cl)c2)CC1=O.Cl. The van der Waals surface area contributed by atoms with Gasteiger partial charge >= 0.3 is 0 Å². The third kappa shape index (κ3) is 5.31. The summed E-state index contributed by atoms with van der Waals surface area (Å²) in [6, 6.07) is 14.0. The highest BCUT2D eigenvalue weighted by atomic mass is 35.5. The molecule has 2 fully saturated rings. The van der Waals surface area contributed by atoms with E-state index in [-0.39, 0.29) is 42.0 Å². The molecule has 0 bridgehead atoms. The Balaban J connectivity index is 0.00000304. The van der Waals surface area contributed by atoms with Gasteiger partial charge in [0.1, 0.15) is 0 Å². The van der Waals surface area contributed by atoms with E-state index in [4.69, 9.17) is 23.2 Å². The van der Waals surface area contributed by atoms with Crippen molar-refractivity contribution in [2.75, 3.05) is 44.7 Å². The average molecular weight is 549 g/mol. The molecule has 0 N–H and O–H groups in total. The van der Waals surface area contributed by atoms with E-state index in [9.17, 15) is 9.59 Å². The molecule has 0 saturated carbocycles. The molecule has 1 unspecified atom stereocenters. The van der Waals surface area contributed by atoms with Crippen molar-refractivity contribution in [2.45, 2.75) is 31.1 Å². The molecule has 2 aliphatic heterocycles. The highest BCUT2D eigenvalue weighted by Gasteiger charge is 2.38. The highest BCUT2D eigenvalue weighted by Crippen LogP contribution is 2.43. The number of nitrogens with zero attached hydrogens (tertiary/aromatic N) is 3. The van der Waals surface area contributed by atoms with Crippen molar-refractivity contribution in [1.82, 2.24) is 9.80 Å². The fourth-order valence-electron chi connectivity index (χ4n) is 5.77. The van der Waals surface area contributed by atoms with Gasteiger partial charge in [-0.2, -0.15) is 0 Å². The molecule has 2 aromatic carbocycles. The Morgan fingerprint density at radius 2 is 1.86 bits per heavy atom. The van der Waals surface area contributed by atoms with Crippen LogP contribution in [0, 0.1) is 5.92 Å². The summed E-state index contributed by atoms with van der Waals surface area (Å²) >= 11 is 12.4. The van der Waals surface area contributed by atoms with Crippen molar-refractivity contribution in [2.24, 2.45) is 5.92 Å². The first-order valence-corrected chi connectivity index (χ1v) is 13.1. The molecule has 8 heteroatoms. The maximum absolute atomic E-state index is 13.5. The number of piperidine rings is 1. The number of allylic oxidation sites excluding steroid dienone is 1. The maximum Gasteiger partial charge on any atom is 0.232 e. The molecule has 0 aromatic heterocycles. The summed E-state index contributed by atoms with van der Waals surface area (Å²) in [6.07, 6.45) is 8.02. The summed E-state index contributed by atoms with van der Waals surface area (Å²) in [5.74, 6) is -0.334. The Morgan fingerprint density at radius 1 is 1.11 bits per heavy atom. The van der Waals surface area contributed by atoms with Crippen LogP contribution in [-0.2, 0) is 15.0 Å². The maximum atomic E-state index is 13.5. The molecule has 1 spiro atoms. The number of fused-ring (bicyclic) bond motifs is 2. The second kappa shape index (κ2) is 11.1. The quantitative estimate of drug-likeness (QED) is 0.467. The summed E-state index contributed by atoms with van der Waals surface area (Å²) in [5, 5.41) is 0.885. The molecule has 0 radical (unpaired) electrons. The lowest BCUT2D eigenvalue weighted by molar-refractivity contribution is -0.127. The number of rotatable bonds is 6. The third-order valence-corrected chi connectivity index (χ3v) is 8.59. The van der Waals surface area contributed by atoms with Crippen LogP contribution < -0.4 is 4.90 Å². The number of halogens is 3. The van der Waals surface area contributed by atoms with E-state index in [1.807, 2.05) is 6.07 Å². The van der Waals surface area contributed by atoms with Crippen LogP contribution in [0.15, 0.2) is 48.5 Å². The number of hydrogen-bond donors (Lipinski definition) is 0. The summed E-state index contributed by atoms with van der Waals surface area (Å²) in [6.45, 7) is 4.05. The largest absolute Gasteiger partial charge is 0.345 e. The van der Waals surface area contributed by atoms with Gasteiger partial charge in [0.05, 0.1) is 16.0 Å². The van der Waals surface area contributed by atoms with Gasteiger partial charge in [0.25, 0.3) is 0 Å². The predicted octanol–water partition coefficient (Wildman–Crippen LogP) is 5.68. The topological polar surface area (TPSA) is 43.9 Å². The molecule has 5 rings (SSSR count). The lowest BCUT2D eigenvalue weighted by Crippen LogP contribution is -2.43. The predicted molar refractivity (Wildman–Crippen MR) is 149 cm³/mol. The Morgan fingerprint density at radius 3 is 2.56 bits per heavy atom. The van der Waals surface area contributed by atoms with Crippen molar-refractivity contribution in [3.63, 3.8) is 0 Å². The van der Waals surface area contributed by atoms with Crippen LogP contribution in [0.25, 0.3) is 6.08 Å². The zero-order valence-electron chi connectivity index (χ0n) is 20.5. The smallest absolute Gasteiger partial charge is 0.232 e. The van der Waals surface area contributed by atoms with Gasteiger partial charge in [-0.15, -0.1) is 12.4 Å². The van der Waals surface area contributed by atoms with Gasteiger partial charge in [-0.3, -0.25) is 9.59 Å². The van der Waals surface area contributed by atoms with Crippen LogP contribution in [0.5, 0.6) is 0 Å². The molecular weight excluding hydrogens is 517 g/mol. The van der Waals surface area contributed by atoms with E-state index in [1.54, 1.807) is 29.0 Å². The number of amides is 2. The Hall–Kier alpha value is -2.05. The lowest BCUT2D eigenvalue weighted by Gasteiger charge is -2.39. The Bertz CT molecular complexity index is 1160. The van der Waals surface area contributed by atoms with Crippen LogP contribution in [0.2, 0.25) is 10.0 Å². The van der Waals surface area contributed by atoms with Gasteiger partial charge in [0.15, 0.2) is 0 Å². The summed E-state index contributed by atoms with van der Waals surface area (Å²) in [7, 11) is 1.75. The minimum atomic E-state index is -0.328. The van der Waals surface area contributed by atoms with Crippen LogP contribution in [0.3, 0.4) is 0 Å². The molecule has 2 aromatic rings. The van der Waals surface area contributed by atoms with Crippen molar-refractivity contribution in [3.8, 4) is 0 Å². The number of benzene rings is 2. The van der Waals surface area contributed by atoms with E-state index in [1.165, 1.54) is 11.1 Å². The van der Waals surface area contributed by atoms with Gasteiger partial charge in [-0.1, -0.05) is 59.6 Å². The monoisotopic (exact) mass is 547 g/mol. The van der Waals surface area contributed by atoms with Crippen molar-refractivity contribution >= 4 is 59.2 Å². The molecule has 36 heavy (non-hydrogen) atoms. The molecule has 5 nitrogen and oxygen atoms in total. The minimum Gasteiger partial charge on any atom is -0.345 e. The summed E-state index contributed by atoms with van der Waals surface area (Å²) in [5.41, 5.74) is 3.73. The molecule has 3 aliphatic rings. The first kappa shape index (κ1) is 27.0. The van der Waals surface area contributed by atoms with E-state index in [0.29, 0.717) is 23.1 Å².